The predicted octanol–water partition coefficient (Wildman–Crippen LogP) is 2.27. The lowest BCUT2D eigenvalue weighted by atomic mass is 10.9. The molecule has 0 aromatic heterocycles. The Kier molecular flexibility index (Phi) is 7.63. The molecule has 0 aromatic rings. The number of carbonyl (C=O) groups excluding carboxylic acids is 1. The van der Waals surface area contributed by atoms with Crippen molar-refractivity contribution >= 4 is 35.0 Å². The normalized spacial score (nSPS) is 11.7. The topological polar surface area (TPSA) is 45.1 Å². The Morgan fingerprint density at radius 1 is 1.40 bits per heavy atom. The molecule has 0 spiro atoms. The van der Waals surface area contributed by atoms with Gasteiger partial charge in [-0.1, -0.05) is 12.1 Å². The van der Waals surface area contributed by atoms with Crippen molar-refractivity contribution < 1.29 is 9.63 Å². The first-order valence-corrected chi connectivity index (χ1v) is 6.16. The summed E-state index contributed by atoms with van der Waals surface area (Å²) in [6.07, 6.45) is -0.482. The van der Waals surface area contributed by atoms with E-state index in [0.717, 1.165) is 10.8 Å². The van der Waals surface area contributed by atoms with Crippen LogP contribution in [0.25, 0.3) is 0 Å². The summed E-state index contributed by atoms with van der Waals surface area (Å²) < 4.78 is 3.16. The van der Waals surface area contributed by atoms with Crippen molar-refractivity contribution in [1.29, 1.82) is 0 Å². The number of hydrogen-bond acceptors (Lipinski definition) is 6. The molecule has 0 unspecified atom stereocenters. The van der Waals surface area contributed by atoms with Gasteiger partial charge in [0, 0.05) is 19.2 Å². The van der Waals surface area contributed by atoms with Crippen molar-refractivity contribution in [2.24, 2.45) is 5.16 Å². The van der Waals surface area contributed by atoms with Gasteiger partial charge in [0.2, 0.25) is 0 Å². The Morgan fingerprint density at radius 2 is 2.00 bits per heavy atom. The lowest BCUT2D eigenvalue weighted by Gasteiger charge is -2.16. The minimum atomic E-state index is -0.482. The van der Waals surface area contributed by atoms with E-state index in [1.54, 1.807) is 18.3 Å². The first-order chi connectivity index (χ1) is 6.97. The van der Waals surface area contributed by atoms with Crippen LogP contribution in [-0.4, -0.2) is 46.6 Å². The number of rotatable bonds is 4. The average molecular weight is 251 g/mol. The van der Waals surface area contributed by atoms with Crippen LogP contribution in [0.2, 0.25) is 0 Å². The number of carbonyl (C=O) groups is 1. The summed E-state index contributed by atoms with van der Waals surface area (Å²) in [5, 5.41) is 4.44. The van der Waals surface area contributed by atoms with Crippen molar-refractivity contribution in [3.05, 3.63) is 0 Å². The Balaban J connectivity index is 3.97. The highest BCUT2D eigenvalue weighted by atomic mass is 32.2. The van der Waals surface area contributed by atoms with Gasteiger partial charge in [0.05, 0.1) is 0 Å². The molecule has 0 aliphatic carbocycles. The molecule has 0 saturated heterocycles. The van der Waals surface area contributed by atoms with Gasteiger partial charge in [-0.05, 0) is 26.8 Å². The third kappa shape index (κ3) is 7.52. The van der Waals surface area contributed by atoms with E-state index in [1.807, 2.05) is 21.0 Å². The van der Waals surface area contributed by atoms with Crippen LogP contribution in [0.1, 0.15) is 13.8 Å². The second-order valence-electron chi connectivity index (χ2n) is 2.79. The van der Waals surface area contributed by atoms with Gasteiger partial charge in [-0.3, -0.25) is 4.84 Å². The molecule has 0 aromatic carbocycles. The molecule has 0 fully saturated rings. The van der Waals surface area contributed by atoms with E-state index in [0.29, 0.717) is 0 Å². The Hall–Kier alpha value is -0.400. The van der Waals surface area contributed by atoms with E-state index in [1.165, 1.54) is 28.2 Å². The minimum Gasteiger partial charge on any atom is -0.296 e. The standard InChI is InChI=1S/C8H17N3O2S2/c1-6-14-7(2)9-13-8(12)11(5)15-10(3)4/h6H2,1-5H3. The Labute approximate surface area is 99.5 Å². The van der Waals surface area contributed by atoms with Crippen LogP contribution in [-0.2, 0) is 4.84 Å². The molecule has 0 heterocycles. The summed E-state index contributed by atoms with van der Waals surface area (Å²) in [5.74, 6) is 0.912. The molecular formula is C8H17N3O2S2. The number of amides is 1. The molecule has 0 rings (SSSR count). The van der Waals surface area contributed by atoms with E-state index in [4.69, 9.17) is 4.84 Å². The van der Waals surface area contributed by atoms with Crippen molar-refractivity contribution in [2.75, 3.05) is 26.9 Å². The van der Waals surface area contributed by atoms with Gasteiger partial charge < -0.3 is 0 Å². The summed E-state index contributed by atoms with van der Waals surface area (Å²) in [5.41, 5.74) is 0. The lowest BCUT2D eigenvalue weighted by molar-refractivity contribution is 0.136. The Morgan fingerprint density at radius 3 is 2.47 bits per heavy atom. The van der Waals surface area contributed by atoms with E-state index < -0.39 is 6.09 Å². The molecule has 5 nitrogen and oxygen atoms in total. The molecule has 0 N–H and O–H groups in total. The molecule has 15 heavy (non-hydrogen) atoms. The molecule has 0 aliphatic heterocycles. The summed E-state index contributed by atoms with van der Waals surface area (Å²) in [6, 6.07) is 0. The van der Waals surface area contributed by atoms with Crippen LogP contribution in [0, 0.1) is 0 Å². The van der Waals surface area contributed by atoms with Crippen molar-refractivity contribution in [2.45, 2.75) is 13.8 Å². The maximum Gasteiger partial charge on any atom is 0.446 e. The van der Waals surface area contributed by atoms with Crippen LogP contribution in [0.5, 0.6) is 0 Å². The molecule has 1 amide bonds. The number of nitrogens with zero attached hydrogens (tertiary/aromatic N) is 3. The molecule has 0 saturated carbocycles. The SMILES string of the molecule is CCSC(C)=NOC(=O)N(C)SN(C)C. The van der Waals surface area contributed by atoms with Crippen LogP contribution >= 0.6 is 23.9 Å². The third-order valence-electron chi connectivity index (χ3n) is 1.15. The molecule has 7 heteroatoms. The quantitative estimate of drug-likeness (QED) is 0.252. The monoisotopic (exact) mass is 251 g/mol. The largest absolute Gasteiger partial charge is 0.446 e. The van der Waals surface area contributed by atoms with Crippen LogP contribution in [0.3, 0.4) is 0 Å². The maximum atomic E-state index is 11.3. The van der Waals surface area contributed by atoms with E-state index in [9.17, 15) is 4.79 Å². The number of thioether (sulfide) groups is 1. The fourth-order valence-corrected chi connectivity index (χ4v) is 1.77. The third-order valence-corrected chi connectivity index (χ3v) is 2.65. The fourth-order valence-electron chi connectivity index (χ4n) is 0.674. The van der Waals surface area contributed by atoms with Gasteiger partial charge in [0.25, 0.3) is 0 Å². The van der Waals surface area contributed by atoms with Gasteiger partial charge >= 0.3 is 6.09 Å². The first-order valence-electron chi connectivity index (χ1n) is 4.44. The van der Waals surface area contributed by atoms with Gasteiger partial charge in [-0.2, -0.15) is 0 Å². The predicted molar refractivity (Wildman–Crippen MR) is 66.8 cm³/mol. The molecule has 0 atom stereocenters. The van der Waals surface area contributed by atoms with Crippen LogP contribution in [0.4, 0.5) is 4.79 Å². The zero-order valence-corrected chi connectivity index (χ0v) is 11.3. The van der Waals surface area contributed by atoms with E-state index in [-0.39, 0.29) is 0 Å². The van der Waals surface area contributed by atoms with E-state index in [2.05, 4.69) is 5.16 Å². The van der Waals surface area contributed by atoms with Crippen LogP contribution < -0.4 is 0 Å². The zero-order chi connectivity index (χ0) is 11.8. The van der Waals surface area contributed by atoms with E-state index >= 15 is 0 Å². The maximum absolute atomic E-state index is 11.3. The van der Waals surface area contributed by atoms with Crippen molar-refractivity contribution in [1.82, 2.24) is 8.61 Å². The highest BCUT2D eigenvalue weighted by molar-refractivity contribution is 8.13. The summed E-state index contributed by atoms with van der Waals surface area (Å²) in [7, 11) is 5.32. The van der Waals surface area contributed by atoms with Gasteiger partial charge in [-0.25, -0.2) is 13.4 Å². The molecule has 88 valence electrons. The van der Waals surface area contributed by atoms with Crippen molar-refractivity contribution in [3.8, 4) is 0 Å². The summed E-state index contributed by atoms with van der Waals surface area (Å²) in [4.78, 5) is 16.1. The van der Waals surface area contributed by atoms with Gasteiger partial charge in [0.1, 0.15) is 5.04 Å². The zero-order valence-electron chi connectivity index (χ0n) is 9.68. The average Bonchev–Trinajstić information content (AvgIpc) is 2.13. The van der Waals surface area contributed by atoms with Gasteiger partial charge in [0.15, 0.2) is 0 Å². The highest BCUT2D eigenvalue weighted by Crippen LogP contribution is 2.11. The smallest absolute Gasteiger partial charge is 0.296 e. The minimum absolute atomic E-state index is 0.482. The number of oxime groups is 1. The number of hydrogen-bond donors (Lipinski definition) is 0. The summed E-state index contributed by atoms with van der Waals surface area (Å²) in [6.45, 7) is 3.82. The Bertz CT molecular complexity index is 234. The fraction of sp³-hybridized carbons (Fsp3) is 0.750. The first kappa shape index (κ1) is 14.6. The molecule has 0 bridgehead atoms. The van der Waals surface area contributed by atoms with Crippen molar-refractivity contribution in [3.63, 3.8) is 0 Å². The second-order valence-corrected chi connectivity index (χ2v) is 5.69. The summed E-state index contributed by atoms with van der Waals surface area (Å²) >= 11 is 2.78. The molecular weight excluding hydrogens is 234 g/mol. The second kappa shape index (κ2) is 7.84. The highest BCUT2D eigenvalue weighted by Gasteiger charge is 2.12. The lowest BCUT2D eigenvalue weighted by Crippen LogP contribution is -2.23. The van der Waals surface area contributed by atoms with Crippen LogP contribution in [0.15, 0.2) is 5.16 Å². The van der Waals surface area contributed by atoms with Gasteiger partial charge in [-0.15, -0.1) is 11.8 Å². The molecule has 0 aliphatic rings. The molecule has 0 radical (unpaired) electrons.